The van der Waals surface area contributed by atoms with Crippen LogP contribution in [-0.4, -0.2) is 55.6 Å². The molecular formula is C13H17NO5S. The molecule has 1 N–H and O–H groups in total. The van der Waals surface area contributed by atoms with Gasteiger partial charge >= 0.3 is 5.97 Å². The van der Waals surface area contributed by atoms with Crippen LogP contribution in [0.2, 0.25) is 0 Å². The smallest absolute Gasteiger partial charge is 0.341 e. The van der Waals surface area contributed by atoms with Crippen molar-refractivity contribution in [3.05, 3.63) is 29.8 Å². The zero-order valence-electron chi connectivity index (χ0n) is 11.0. The third-order valence-electron chi connectivity index (χ3n) is 3.13. The van der Waals surface area contributed by atoms with Crippen molar-refractivity contribution in [1.82, 2.24) is 4.90 Å². The number of ether oxygens (including phenoxy) is 1. The van der Waals surface area contributed by atoms with Crippen LogP contribution in [0.3, 0.4) is 0 Å². The Balaban J connectivity index is 1.86. The number of benzene rings is 1. The summed E-state index contributed by atoms with van der Waals surface area (Å²) in [6.45, 7) is 1.44. The topological polar surface area (TPSA) is 83.9 Å². The maximum atomic E-state index is 11.3. The molecule has 0 saturated carbocycles. The standard InChI is InChI=1S/C13H17NO5S/c15-13(16)10-19-12-3-1-11(2-4-12)9-14-5-7-20(17,18)8-6-14/h1-4H,5-10H2,(H,15,16). The highest BCUT2D eigenvalue weighted by Crippen LogP contribution is 2.15. The molecule has 2 rings (SSSR count). The Hall–Kier alpha value is -1.60. The van der Waals surface area contributed by atoms with E-state index in [1.54, 1.807) is 12.1 Å². The number of hydrogen-bond donors (Lipinski definition) is 1. The number of carboxylic acid groups (broad SMARTS) is 1. The summed E-state index contributed by atoms with van der Waals surface area (Å²) in [5.41, 5.74) is 1.05. The summed E-state index contributed by atoms with van der Waals surface area (Å²) in [7, 11) is -2.85. The first-order valence-corrected chi connectivity index (χ1v) is 8.13. The lowest BCUT2D eigenvalue weighted by Crippen LogP contribution is -2.39. The van der Waals surface area contributed by atoms with Crippen molar-refractivity contribution in [2.45, 2.75) is 6.54 Å². The summed E-state index contributed by atoms with van der Waals surface area (Å²) in [5.74, 6) is -0.0689. The molecule has 0 bridgehead atoms. The first-order chi connectivity index (χ1) is 9.44. The van der Waals surface area contributed by atoms with Gasteiger partial charge in [0, 0.05) is 19.6 Å². The second-order valence-corrected chi connectivity index (χ2v) is 7.06. The van der Waals surface area contributed by atoms with E-state index >= 15 is 0 Å². The fourth-order valence-corrected chi connectivity index (χ4v) is 3.28. The molecule has 0 spiro atoms. The van der Waals surface area contributed by atoms with Crippen LogP contribution in [-0.2, 0) is 21.2 Å². The van der Waals surface area contributed by atoms with Crippen molar-refractivity contribution < 1.29 is 23.1 Å². The van der Waals surface area contributed by atoms with Gasteiger partial charge in [0.05, 0.1) is 11.5 Å². The average molecular weight is 299 g/mol. The third kappa shape index (κ3) is 4.50. The van der Waals surface area contributed by atoms with Gasteiger partial charge in [0.25, 0.3) is 0 Å². The van der Waals surface area contributed by atoms with Gasteiger partial charge in [-0.3, -0.25) is 4.90 Å². The lowest BCUT2D eigenvalue weighted by Gasteiger charge is -2.26. The molecule has 1 aromatic carbocycles. The molecule has 0 amide bonds. The molecular weight excluding hydrogens is 282 g/mol. The molecule has 0 aromatic heterocycles. The van der Waals surface area contributed by atoms with Crippen molar-refractivity contribution in [3.8, 4) is 5.75 Å². The molecule has 7 heteroatoms. The van der Waals surface area contributed by atoms with E-state index in [-0.39, 0.29) is 18.1 Å². The highest BCUT2D eigenvalue weighted by atomic mass is 32.2. The van der Waals surface area contributed by atoms with E-state index in [9.17, 15) is 13.2 Å². The van der Waals surface area contributed by atoms with Crippen molar-refractivity contribution >= 4 is 15.8 Å². The molecule has 1 aliphatic heterocycles. The molecule has 6 nitrogen and oxygen atoms in total. The van der Waals surface area contributed by atoms with E-state index in [2.05, 4.69) is 4.90 Å². The van der Waals surface area contributed by atoms with E-state index in [1.807, 2.05) is 12.1 Å². The second kappa shape index (κ2) is 6.23. The number of sulfone groups is 1. The first kappa shape index (κ1) is 14.8. The molecule has 110 valence electrons. The zero-order chi connectivity index (χ0) is 14.6. The average Bonchev–Trinajstić information content (AvgIpc) is 2.40. The lowest BCUT2D eigenvalue weighted by atomic mass is 10.2. The lowest BCUT2D eigenvalue weighted by molar-refractivity contribution is -0.139. The number of nitrogens with zero attached hydrogens (tertiary/aromatic N) is 1. The first-order valence-electron chi connectivity index (χ1n) is 6.31. The summed E-state index contributed by atoms with van der Waals surface area (Å²) in [5, 5.41) is 8.51. The molecule has 0 aliphatic carbocycles. The van der Waals surface area contributed by atoms with E-state index < -0.39 is 15.8 Å². The highest BCUT2D eigenvalue weighted by Gasteiger charge is 2.21. The molecule has 0 unspecified atom stereocenters. The molecule has 20 heavy (non-hydrogen) atoms. The van der Waals surface area contributed by atoms with Crippen molar-refractivity contribution in [2.24, 2.45) is 0 Å². The third-order valence-corrected chi connectivity index (χ3v) is 4.74. The van der Waals surface area contributed by atoms with Crippen LogP contribution in [0.15, 0.2) is 24.3 Å². The molecule has 1 saturated heterocycles. The molecule has 1 aliphatic rings. The summed E-state index contributed by atoms with van der Waals surface area (Å²) < 4.78 is 27.7. The molecule has 1 aromatic rings. The Morgan fingerprint density at radius 3 is 2.35 bits per heavy atom. The minimum atomic E-state index is -2.85. The molecule has 0 radical (unpaired) electrons. The van der Waals surface area contributed by atoms with E-state index in [4.69, 9.17) is 9.84 Å². The number of carbonyl (C=O) groups is 1. The normalized spacial score (nSPS) is 18.6. The Labute approximate surface area is 117 Å². The zero-order valence-corrected chi connectivity index (χ0v) is 11.8. The Bertz CT molecular complexity index is 553. The summed E-state index contributed by atoms with van der Waals surface area (Å²) in [6, 6.07) is 7.17. The van der Waals surface area contributed by atoms with Crippen molar-refractivity contribution in [3.63, 3.8) is 0 Å². The van der Waals surface area contributed by atoms with Gasteiger partial charge in [-0.2, -0.15) is 0 Å². The van der Waals surface area contributed by atoms with Gasteiger partial charge in [0.15, 0.2) is 16.4 Å². The van der Waals surface area contributed by atoms with Gasteiger partial charge < -0.3 is 9.84 Å². The van der Waals surface area contributed by atoms with Crippen LogP contribution in [0, 0.1) is 0 Å². The van der Waals surface area contributed by atoms with Crippen LogP contribution < -0.4 is 4.74 Å². The minimum absolute atomic E-state index is 0.215. The summed E-state index contributed by atoms with van der Waals surface area (Å²) in [4.78, 5) is 12.5. The Morgan fingerprint density at radius 2 is 1.80 bits per heavy atom. The van der Waals surface area contributed by atoms with Gasteiger partial charge in [-0.1, -0.05) is 12.1 Å². The largest absolute Gasteiger partial charge is 0.482 e. The van der Waals surface area contributed by atoms with Crippen LogP contribution in [0.5, 0.6) is 5.75 Å². The van der Waals surface area contributed by atoms with E-state index in [0.29, 0.717) is 25.4 Å². The van der Waals surface area contributed by atoms with E-state index in [1.165, 1.54) is 0 Å². The molecule has 1 fully saturated rings. The van der Waals surface area contributed by atoms with Gasteiger partial charge in [-0.05, 0) is 17.7 Å². The second-order valence-electron chi connectivity index (χ2n) is 4.75. The van der Waals surface area contributed by atoms with E-state index in [0.717, 1.165) is 5.56 Å². The van der Waals surface area contributed by atoms with Crippen LogP contribution in [0.4, 0.5) is 0 Å². The fraction of sp³-hybridized carbons (Fsp3) is 0.462. The minimum Gasteiger partial charge on any atom is -0.482 e. The van der Waals surface area contributed by atoms with Gasteiger partial charge in [0.1, 0.15) is 5.75 Å². The van der Waals surface area contributed by atoms with Crippen LogP contribution in [0.1, 0.15) is 5.56 Å². The molecule has 0 atom stereocenters. The maximum absolute atomic E-state index is 11.3. The quantitative estimate of drug-likeness (QED) is 0.846. The monoisotopic (exact) mass is 299 g/mol. The highest BCUT2D eigenvalue weighted by molar-refractivity contribution is 7.91. The van der Waals surface area contributed by atoms with Crippen molar-refractivity contribution in [1.29, 1.82) is 0 Å². The number of carboxylic acids is 1. The SMILES string of the molecule is O=C(O)COc1ccc(CN2CCS(=O)(=O)CC2)cc1. The van der Waals surface area contributed by atoms with Crippen LogP contribution >= 0.6 is 0 Å². The maximum Gasteiger partial charge on any atom is 0.341 e. The van der Waals surface area contributed by atoms with Crippen LogP contribution in [0.25, 0.3) is 0 Å². The number of hydrogen-bond acceptors (Lipinski definition) is 5. The number of aliphatic carboxylic acids is 1. The summed E-state index contributed by atoms with van der Waals surface area (Å²) in [6.07, 6.45) is 0. The van der Waals surface area contributed by atoms with Gasteiger partial charge in [-0.15, -0.1) is 0 Å². The summed E-state index contributed by atoms with van der Waals surface area (Å²) >= 11 is 0. The Kier molecular flexibility index (Phi) is 4.61. The fourth-order valence-electron chi connectivity index (χ4n) is 2.00. The predicted octanol–water partition coefficient (Wildman–Crippen LogP) is 0.380. The predicted molar refractivity (Wildman–Crippen MR) is 73.5 cm³/mol. The number of rotatable bonds is 5. The Morgan fingerprint density at radius 1 is 1.20 bits per heavy atom. The van der Waals surface area contributed by atoms with Crippen molar-refractivity contribution in [2.75, 3.05) is 31.2 Å². The molecule has 1 heterocycles. The van der Waals surface area contributed by atoms with Gasteiger partial charge in [-0.25, -0.2) is 13.2 Å². The van der Waals surface area contributed by atoms with Gasteiger partial charge in [0.2, 0.25) is 0 Å².